The van der Waals surface area contributed by atoms with Crippen molar-refractivity contribution in [3.05, 3.63) is 18.2 Å². The maximum atomic E-state index is 12.6. The van der Waals surface area contributed by atoms with Crippen LogP contribution in [0.25, 0.3) is 0 Å². The highest BCUT2D eigenvalue weighted by Gasteiger charge is 2.29. The monoisotopic (exact) mass is 444 g/mol. The molecule has 1 rings (SSSR count). The van der Waals surface area contributed by atoms with Crippen molar-refractivity contribution in [2.75, 3.05) is 12.3 Å². The number of hydrogen-bond donors (Lipinski definition) is 8. The molecule has 14 heteroatoms. The smallest absolute Gasteiger partial charge is 0.326 e. The number of rotatable bonds is 13. The molecule has 0 unspecified atom stereocenters. The molecule has 166 valence electrons. The molecule has 0 aliphatic heterocycles. The molecule has 1 aromatic rings. The summed E-state index contributed by atoms with van der Waals surface area (Å²) in [7, 11) is 0. The fraction of sp³-hybridized carbons (Fsp3) is 0.500. The number of carbonyl (C=O) groups excluding carboxylic acids is 3. The number of aliphatic carboxylic acids is 2. The summed E-state index contributed by atoms with van der Waals surface area (Å²) >= 11 is 3.96. The van der Waals surface area contributed by atoms with Crippen molar-refractivity contribution in [2.24, 2.45) is 5.73 Å². The lowest BCUT2D eigenvalue weighted by Crippen LogP contribution is -2.57. The van der Waals surface area contributed by atoms with Gasteiger partial charge < -0.3 is 36.9 Å². The van der Waals surface area contributed by atoms with Crippen molar-refractivity contribution in [3.8, 4) is 0 Å². The maximum Gasteiger partial charge on any atom is 0.326 e. The van der Waals surface area contributed by atoms with Gasteiger partial charge in [-0.25, -0.2) is 9.78 Å². The van der Waals surface area contributed by atoms with Gasteiger partial charge in [-0.15, -0.1) is 0 Å². The van der Waals surface area contributed by atoms with E-state index >= 15 is 0 Å². The Morgan fingerprint density at radius 3 is 2.20 bits per heavy atom. The summed E-state index contributed by atoms with van der Waals surface area (Å²) in [6.45, 7) is -0.367. The second-order valence-corrected chi connectivity index (χ2v) is 6.55. The quantitative estimate of drug-likeness (QED) is 0.148. The van der Waals surface area contributed by atoms with E-state index in [1.54, 1.807) is 0 Å². The topological polar surface area (TPSA) is 217 Å². The highest BCUT2D eigenvalue weighted by molar-refractivity contribution is 7.80. The number of amides is 3. The third-order valence-electron chi connectivity index (χ3n) is 3.89. The summed E-state index contributed by atoms with van der Waals surface area (Å²) in [5, 5.41) is 25.2. The Labute approximate surface area is 176 Å². The minimum atomic E-state index is -1.35. The van der Waals surface area contributed by atoms with Crippen LogP contribution in [0.5, 0.6) is 0 Å². The Morgan fingerprint density at radius 1 is 1.07 bits per heavy atom. The van der Waals surface area contributed by atoms with Gasteiger partial charge in [0.2, 0.25) is 17.7 Å². The third-order valence-corrected chi connectivity index (χ3v) is 4.26. The van der Waals surface area contributed by atoms with E-state index in [1.165, 1.54) is 12.5 Å². The highest BCUT2D eigenvalue weighted by atomic mass is 32.1. The van der Waals surface area contributed by atoms with Crippen LogP contribution in [0.15, 0.2) is 12.5 Å². The van der Waals surface area contributed by atoms with Gasteiger partial charge in [0, 0.05) is 30.5 Å². The number of carbonyl (C=O) groups is 5. The van der Waals surface area contributed by atoms with Crippen LogP contribution in [0.3, 0.4) is 0 Å². The van der Waals surface area contributed by atoms with Crippen LogP contribution in [0, 0.1) is 0 Å². The molecule has 1 heterocycles. The van der Waals surface area contributed by atoms with Crippen LogP contribution in [-0.4, -0.2) is 80.3 Å². The Kier molecular flexibility index (Phi) is 10.3. The number of aromatic nitrogens is 2. The fourth-order valence-corrected chi connectivity index (χ4v) is 2.60. The van der Waals surface area contributed by atoms with E-state index in [1.807, 2.05) is 0 Å². The number of thiol groups is 1. The molecular weight excluding hydrogens is 420 g/mol. The number of nitrogens with zero attached hydrogens (tertiary/aromatic N) is 1. The largest absolute Gasteiger partial charge is 0.481 e. The van der Waals surface area contributed by atoms with Gasteiger partial charge in [0.25, 0.3) is 0 Å². The number of nitrogens with one attached hydrogen (secondary N) is 4. The summed E-state index contributed by atoms with van der Waals surface area (Å²) in [6, 6.07) is -3.82. The molecule has 0 aromatic carbocycles. The molecule has 0 aliphatic carbocycles. The normalized spacial score (nSPS) is 13.5. The molecule has 3 atom stereocenters. The Bertz CT molecular complexity index is 757. The first kappa shape index (κ1) is 24.9. The maximum absolute atomic E-state index is 12.6. The van der Waals surface area contributed by atoms with E-state index < -0.39 is 54.2 Å². The van der Waals surface area contributed by atoms with E-state index in [0.717, 1.165) is 0 Å². The number of carboxylic acids is 2. The standard InChI is InChI=1S/C16H24N6O7S/c17-4-12(23)20-11(6-30)15(27)21-9(1-2-13(24)25)14(26)22-10(16(28)29)3-8-5-18-7-19-8/h5,7,9-11,30H,1-4,6,17H2,(H,18,19)(H,20,23)(H,21,27)(H,22,26)(H,24,25)(H,28,29)/t9-,10-,11-/m0/s1. The van der Waals surface area contributed by atoms with Crippen molar-refractivity contribution in [1.82, 2.24) is 25.9 Å². The highest BCUT2D eigenvalue weighted by Crippen LogP contribution is 2.04. The molecular formula is C16H24N6O7S. The molecule has 30 heavy (non-hydrogen) atoms. The average molecular weight is 444 g/mol. The summed E-state index contributed by atoms with van der Waals surface area (Å²) < 4.78 is 0. The molecule has 0 aliphatic rings. The van der Waals surface area contributed by atoms with Crippen LogP contribution < -0.4 is 21.7 Å². The predicted octanol–water partition coefficient (Wildman–Crippen LogP) is -2.76. The lowest BCUT2D eigenvalue weighted by molar-refractivity contribution is -0.143. The molecule has 0 spiro atoms. The minimum absolute atomic E-state index is 0.105. The number of imidazole rings is 1. The van der Waals surface area contributed by atoms with Crippen LogP contribution in [0.4, 0.5) is 0 Å². The molecule has 13 nitrogen and oxygen atoms in total. The lowest BCUT2D eigenvalue weighted by Gasteiger charge is -2.23. The number of hydrogen-bond acceptors (Lipinski definition) is 8. The van der Waals surface area contributed by atoms with Crippen molar-refractivity contribution in [3.63, 3.8) is 0 Å². The van der Waals surface area contributed by atoms with Crippen LogP contribution in [0.2, 0.25) is 0 Å². The van der Waals surface area contributed by atoms with Crippen molar-refractivity contribution < 1.29 is 34.2 Å². The zero-order valence-electron chi connectivity index (χ0n) is 15.8. The number of carboxylic acid groups (broad SMARTS) is 2. The number of aromatic amines is 1. The van der Waals surface area contributed by atoms with Gasteiger partial charge in [-0.1, -0.05) is 0 Å². The first-order valence-electron chi connectivity index (χ1n) is 8.80. The van der Waals surface area contributed by atoms with Crippen LogP contribution in [-0.2, 0) is 30.4 Å². The van der Waals surface area contributed by atoms with E-state index in [2.05, 4.69) is 38.5 Å². The van der Waals surface area contributed by atoms with Gasteiger partial charge in [0.15, 0.2) is 0 Å². The Balaban J connectivity index is 2.89. The third kappa shape index (κ3) is 8.48. The minimum Gasteiger partial charge on any atom is -0.481 e. The number of H-pyrrole nitrogens is 1. The summed E-state index contributed by atoms with van der Waals surface area (Å²) in [6.07, 6.45) is 1.87. The predicted molar refractivity (Wildman–Crippen MR) is 105 cm³/mol. The molecule has 3 amide bonds. The Morgan fingerprint density at radius 2 is 1.70 bits per heavy atom. The average Bonchev–Trinajstić information content (AvgIpc) is 3.20. The van der Waals surface area contributed by atoms with Crippen molar-refractivity contribution in [1.29, 1.82) is 0 Å². The van der Waals surface area contributed by atoms with E-state index in [9.17, 15) is 29.1 Å². The van der Waals surface area contributed by atoms with Crippen molar-refractivity contribution >= 4 is 42.3 Å². The van der Waals surface area contributed by atoms with E-state index in [-0.39, 0.29) is 25.1 Å². The van der Waals surface area contributed by atoms with Crippen LogP contribution >= 0.6 is 12.6 Å². The zero-order chi connectivity index (χ0) is 22.7. The molecule has 1 aromatic heterocycles. The first-order valence-corrected chi connectivity index (χ1v) is 9.44. The molecule has 0 radical (unpaired) electrons. The first-order chi connectivity index (χ1) is 14.2. The van der Waals surface area contributed by atoms with Gasteiger partial charge in [0.1, 0.15) is 18.1 Å². The summed E-state index contributed by atoms with van der Waals surface area (Å²) in [4.78, 5) is 65.2. The molecule has 0 fully saturated rings. The van der Waals surface area contributed by atoms with E-state index in [0.29, 0.717) is 5.69 Å². The summed E-state index contributed by atoms with van der Waals surface area (Å²) in [5.41, 5.74) is 5.64. The van der Waals surface area contributed by atoms with E-state index in [4.69, 9.17) is 10.8 Å². The van der Waals surface area contributed by atoms with Gasteiger partial charge in [-0.3, -0.25) is 19.2 Å². The van der Waals surface area contributed by atoms with Gasteiger partial charge in [-0.05, 0) is 6.42 Å². The van der Waals surface area contributed by atoms with Gasteiger partial charge >= 0.3 is 11.9 Å². The SMILES string of the molecule is NCC(=O)N[C@@H](CS)C(=O)N[C@@H](CCC(=O)O)C(=O)N[C@@H](Cc1cnc[nH]1)C(=O)O. The van der Waals surface area contributed by atoms with Gasteiger partial charge in [0.05, 0.1) is 12.9 Å². The fourth-order valence-electron chi connectivity index (χ4n) is 2.34. The zero-order valence-corrected chi connectivity index (χ0v) is 16.7. The molecule has 0 bridgehead atoms. The molecule has 0 saturated carbocycles. The second-order valence-electron chi connectivity index (χ2n) is 6.18. The Hall–Kier alpha value is -3.13. The second kappa shape index (κ2) is 12.4. The summed E-state index contributed by atoms with van der Waals surface area (Å²) in [5.74, 6) is -4.96. The lowest BCUT2D eigenvalue weighted by atomic mass is 10.1. The van der Waals surface area contributed by atoms with Gasteiger partial charge in [-0.2, -0.15) is 12.6 Å². The molecule has 8 N–H and O–H groups in total. The van der Waals surface area contributed by atoms with Crippen LogP contribution in [0.1, 0.15) is 18.5 Å². The molecule has 0 saturated heterocycles. The number of nitrogens with two attached hydrogens (primary N) is 1. The van der Waals surface area contributed by atoms with Crippen molar-refractivity contribution in [2.45, 2.75) is 37.4 Å².